The molecule has 0 N–H and O–H groups in total. The maximum Gasteiger partial charge on any atom is -0.0184 e. The monoisotopic (exact) mass is 1320 g/mol. The van der Waals surface area contributed by atoms with Crippen LogP contribution >= 0.6 is 0 Å². The molecule has 0 aliphatic heterocycles. The minimum absolute atomic E-state index is 1.10. The molecule has 12 aromatic carbocycles. The molecular formula is C100H118. The van der Waals surface area contributed by atoms with E-state index in [1.807, 2.05) is 0 Å². The van der Waals surface area contributed by atoms with Gasteiger partial charge in [-0.05, 0) is 195 Å². The minimum Gasteiger partial charge on any atom is -0.0656 e. The normalized spacial score (nSPS) is 10.2. The summed E-state index contributed by atoms with van der Waals surface area (Å²) >= 11 is 0. The van der Waals surface area contributed by atoms with Crippen molar-refractivity contribution < 1.29 is 0 Å². The van der Waals surface area contributed by atoms with Crippen LogP contribution in [-0.2, 0) is 77.0 Å². The summed E-state index contributed by atoms with van der Waals surface area (Å²) in [4.78, 5) is 0. The van der Waals surface area contributed by atoms with Gasteiger partial charge in [-0.15, -0.1) is 0 Å². The zero-order valence-electron chi connectivity index (χ0n) is 63.0. The second-order valence-corrected chi connectivity index (χ2v) is 26.3. The van der Waals surface area contributed by atoms with Crippen molar-refractivity contribution in [2.24, 2.45) is 0 Å². The Morgan fingerprint density at radius 1 is 0.150 bits per heavy atom. The third-order valence-corrected chi connectivity index (χ3v) is 17.3. The lowest BCUT2D eigenvalue weighted by Crippen LogP contribution is -1.92. The van der Waals surface area contributed by atoms with Crippen LogP contribution in [0, 0.1) is 6.92 Å². The van der Waals surface area contributed by atoms with Crippen LogP contribution in [0.5, 0.6) is 0 Å². The molecule has 518 valence electrons. The molecule has 0 atom stereocenters. The first-order chi connectivity index (χ1) is 49.0. The van der Waals surface area contributed by atoms with Crippen LogP contribution in [0.15, 0.2) is 309 Å². The van der Waals surface area contributed by atoms with Gasteiger partial charge in [0.1, 0.15) is 0 Å². The highest BCUT2D eigenvalue weighted by molar-refractivity contribution is 5.66. The molecule has 0 aliphatic rings. The summed E-state index contributed by atoms with van der Waals surface area (Å²) in [6, 6.07) is 113. The van der Waals surface area contributed by atoms with Crippen molar-refractivity contribution in [3.63, 3.8) is 0 Å². The maximum atomic E-state index is 2.29. The van der Waals surface area contributed by atoms with E-state index >= 15 is 0 Å². The maximum absolute atomic E-state index is 2.29. The van der Waals surface area contributed by atoms with E-state index in [4.69, 9.17) is 0 Å². The summed E-state index contributed by atoms with van der Waals surface area (Å²) in [6.07, 6.45) is 19.6. The Balaban J connectivity index is 0.000000202. The summed E-state index contributed by atoms with van der Waals surface area (Å²) in [5.41, 5.74) is 28.6. The quantitative estimate of drug-likeness (QED) is 0.0634. The van der Waals surface area contributed by atoms with Crippen molar-refractivity contribution in [1.29, 1.82) is 0 Å². The molecule has 0 nitrogen and oxygen atoms in total. The van der Waals surface area contributed by atoms with E-state index < -0.39 is 0 Å². The minimum atomic E-state index is 1.10. The third kappa shape index (κ3) is 30.0. The highest BCUT2D eigenvalue weighted by Gasteiger charge is 2.05. The fraction of sp³-hybridized carbons (Fsp3) is 0.280. The van der Waals surface area contributed by atoms with E-state index in [1.54, 1.807) is 0 Å². The van der Waals surface area contributed by atoms with Crippen molar-refractivity contribution in [1.82, 2.24) is 0 Å². The van der Waals surface area contributed by atoms with Crippen molar-refractivity contribution in [3.05, 3.63) is 382 Å². The van der Waals surface area contributed by atoms with Crippen molar-refractivity contribution in [2.75, 3.05) is 0 Å². The zero-order chi connectivity index (χ0) is 71.2. The number of hydrogen-bond donors (Lipinski definition) is 0. The molecule has 0 bridgehead atoms. The first-order valence-electron chi connectivity index (χ1n) is 37.9. The Morgan fingerprint density at radius 3 is 0.470 bits per heavy atom. The molecule has 0 heteroatoms. The van der Waals surface area contributed by atoms with Gasteiger partial charge < -0.3 is 0 Å². The highest BCUT2D eigenvalue weighted by Crippen LogP contribution is 2.25. The average Bonchev–Trinajstić information content (AvgIpc) is 0.887. The Kier molecular flexibility index (Phi) is 37.9. The molecule has 0 unspecified atom stereocenters. The van der Waals surface area contributed by atoms with Gasteiger partial charge in [-0.25, -0.2) is 0 Å². The van der Waals surface area contributed by atoms with Crippen LogP contribution in [0.25, 0.3) is 44.5 Å². The van der Waals surface area contributed by atoms with E-state index in [0.717, 1.165) is 64.2 Å². The van der Waals surface area contributed by atoms with E-state index in [0.29, 0.717) is 0 Å². The average molecular weight is 1320 g/mol. The Labute approximate surface area is 607 Å². The molecule has 0 radical (unpaired) electrons. The van der Waals surface area contributed by atoms with Gasteiger partial charge in [0.2, 0.25) is 0 Å². The van der Waals surface area contributed by atoms with Gasteiger partial charge in [0.05, 0.1) is 0 Å². The molecule has 0 saturated carbocycles. The van der Waals surface area contributed by atoms with Crippen LogP contribution < -0.4 is 0 Å². The fourth-order valence-electron chi connectivity index (χ4n) is 11.5. The molecule has 100 heavy (non-hydrogen) atoms. The van der Waals surface area contributed by atoms with Crippen LogP contribution in [0.2, 0.25) is 0 Å². The molecule has 12 rings (SSSR count). The second kappa shape index (κ2) is 47.6. The number of aryl methyl sites for hydroxylation is 13. The lowest BCUT2D eigenvalue weighted by atomic mass is 9.99. The van der Waals surface area contributed by atoms with Gasteiger partial charge in [-0.1, -0.05) is 416 Å². The summed E-state index contributed by atoms with van der Waals surface area (Å²) < 4.78 is 0. The lowest BCUT2D eigenvalue weighted by molar-refractivity contribution is 0.914. The van der Waals surface area contributed by atoms with Crippen molar-refractivity contribution in [2.45, 2.75) is 185 Å². The summed E-state index contributed by atoms with van der Waals surface area (Å²) in [7, 11) is 0. The van der Waals surface area contributed by atoms with Gasteiger partial charge in [0.25, 0.3) is 0 Å². The fourth-order valence-corrected chi connectivity index (χ4v) is 11.5. The predicted octanol–water partition coefficient (Wildman–Crippen LogP) is 28.1. The molecule has 0 saturated heterocycles. The summed E-state index contributed by atoms with van der Waals surface area (Å²) in [5, 5.41) is 0. The molecule has 0 heterocycles. The molecule has 0 aromatic heterocycles. The van der Waals surface area contributed by atoms with Gasteiger partial charge in [-0.3, -0.25) is 0 Å². The van der Waals surface area contributed by atoms with E-state index in [2.05, 4.69) is 386 Å². The zero-order valence-corrected chi connectivity index (χ0v) is 63.0. The van der Waals surface area contributed by atoms with Crippen LogP contribution in [0.3, 0.4) is 0 Å². The SMILES string of the molecule is CCC.CCC.CCC.CCCc1ccc(CCc2ccc(-c3ccc(CC)cc3)cc2)cc1.CCCc1ccc(CCc2ccc(-c3ccccc3)cc2)cc1.CCc1ccc(CCc2ccc(-c3ccccc3)cc2)cc1.Cc1ccc(CCc2ccc(-c3ccccc3)cc2)cc1. The predicted molar refractivity (Wildman–Crippen MR) is 442 cm³/mol. The number of hydrogen-bond acceptors (Lipinski definition) is 0. The van der Waals surface area contributed by atoms with E-state index in [1.165, 1.54) is 162 Å². The summed E-state index contributed by atoms with van der Waals surface area (Å²) in [5.74, 6) is 0. The van der Waals surface area contributed by atoms with E-state index in [-0.39, 0.29) is 0 Å². The first-order valence-corrected chi connectivity index (χ1v) is 37.9. The smallest absolute Gasteiger partial charge is 0.0184 e. The molecule has 0 aliphatic carbocycles. The Morgan fingerprint density at radius 2 is 0.290 bits per heavy atom. The molecule has 0 amide bonds. The van der Waals surface area contributed by atoms with Gasteiger partial charge in [0.15, 0.2) is 0 Å². The van der Waals surface area contributed by atoms with Crippen molar-refractivity contribution >= 4 is 0 Å². The van der Waals surface area contributed by atoms with E-state index in [9.17, 15) is 0 Å². The number of benzene rings is 12. The topological polar surface area (TPSA) is 0 Å². The highest BCUT2D eigenvalue weighted by atomic mass is 14.1. The second-order valence-electron chi connectivity index (χ2n) is 26.3. The molecule has 12 aromatic rings. The van der Waals surface area contributed by atoms with Gasteiger partial charge in [0, 0.05) is 0 Å². The van der Waals surface area contributed by atoms with Gasteiger partial charge >= 0.3 is 0 Å². The molecule has 0 spiro atoms. The summed E-state index contributed by atoms with van der Waals surface area (Å²) in [6.45, 7) is 23.7. The number of rotatable bonds is 22. The Bertz CT molecular complexity index is 3950. The molecule has 0 fully saturated rings. The van der Waals surface area contributed by atoms with Crippen molar-refractivity contribution in [3.8, 4) is 44.5 Å². The molecular weight excluding hydrogens is 1200 g/mol. The standard InChI is InChI=1S/C25H28.C23H24.C22H22.C21H20.3C3H8/c1-3-5-21-6-8-22(9-7-21)10-11-23-14-18-25(19-15-23)24-16-12-20(4-2)13-17-24;1-2-6-19-9-11-20(12-10-19)13-14-21-15-17-23(18-16-21)22-7-4-3-5-8-22;1-2-18-8-10-19(11-9-18)12-13-20-14-16-22(17-15-20)21-6-4-3-5-7-21;1-17-7-9-18(10-8-17)11-12-19-13-15-21(16-14-19)20-5-3-2-4-6-20;3*1-3-2/h6-9,12-19H,3-5,10-11H2,1-2H3;3-5,7-12,15-18H,2,6,13-14H2,1H3;3-11,14-17H,2,12-13H2,1H3;2-10,13-16H,11-12H2,1H3;3*3H2,1-2H3. The van der Waals surface area contributed by atoms with Crippen LogP contribution in [0.4, 0.5) is 0 Å². The lowest BCUT2D eigenvalue weighted by Gasteiger charge is -2.07. The van der Waals surface area contributed by atoms with Crippen LogP contribution in [-0.4, -0.2) is 0 Å². The third-order valence-electron chi connectivity index (χ3n) is 17.3. The van der Waals surface area contributed by atoms with Gasteiger partial charge in [-0.2, -0.15) is 0 Å². The largest absolute Gasteiger partial charge is 0.0656 e. The first kappa shape index (κ1) is 79.6. The Hall–Kier alpha value is -9.36. The van der Waals surface area contributed by atoms with Crippen LogP contribution in [0.1, 0.15) is 174 Å².